The highest BCUT2D eigenvalue weighted by molar-refractivity contribution is 5.98. The number of carbonyl (C=O) groups excluding carboxylic acids is 10. The largest absolute Gasteiger partial charge is 0.508 e. The monoisotopic (exact) mass is 1220 g/mol. The van der Waals surface area contributed by atoms with E-state index in [0.29, 0.717) is 47.0 Å². The van der Waals surface area contributed by atoms with Gasteiger partial charge >= 0.3 is 6.09 Å². The number of aliphatic imine (C=N–C) groups is 1. The number of nitrogens with two attached hydrogens (primary N) is 3. The van der Waals surface area contributed by atoms with Crippen molar-refractivity contribution in [1.29, 1.82) is 0 Å². The second-order valence-electron chi connectivity index (χ2n) is 21.1. The van der Waals surface area contributed by atoms with Crippen LogP contribution >= 0.6 is 12.4 Å². The summed E-state index contributed by atoms with van der Waals surface area (Å²) in [6.07, 6.45) is 0.939. The number of aliphatic hydroxyl groups is 1. The van der Waals surface area contributed by atoms with Crippen LogP contribution < -0.4 is 59.7 Å². The molecule has 27 nitrogen and oxygen atoms in total. The van der Waals surface area contributed by atoms with Gasteiger partial charge in [0.05, 0.1) is 6.61 Å². The van der Waals surface area contributed by atoms with Crippen LogP contribution in [0.25, 0.3) is 10.9 Å². The Hall–Kier alpha value is -8.98. The van der Waals surface area contributed by atoms with Gasteiger partial charge in [0, 0.05) is 56.0 Å². The number of hydrogen-bond donors (Lipinski definition) is 14. The predicted molar refractivity (Wildman–Crippen MR) is 320 cm³/mol. The minimum atomic E-state index is -1.77. The quantitative estimate of drug-likeness (QED) is 0.0171. The number of halogens is 1. The van der Waals surface area contributed by atoms with Gasteiger partial charge < -0.3 is 84.6 Å². The number of ether oxygens (including phenoxy) is 1. The number of likely N-dealkylation sites (tertiary alicyclic amines) is 1. The van der Waals surface area contributed by atoms with Crippen LogP contribution in [0, 0.1) is 5.92 Å². The SMILES string of the molecule is CCNC(=O)[C@@H]1CCCN1C(=O)[C@H](CCCN=C(N)N)NC(=O)[C@H](CC(C)C)NC(=O)[C@@H](C)NC(=O)[C@H](Cc1ccc(O)cc1)NC(=O)[C@H](CO)NC(=O)[C@H](Cc1c[nH]c2ccccc12)NC(=O)[C@H](CCC(N)=O)NC(=O)OCc1ccccc1.Cl. The van der Waals surface area contributed by atoms with E-state index in [1.807, 2.05) is 13.8 Å². The van der Waals surface area contributed by atoms with Crippen molar-refractivity contribution in [3.8, 4) is 5.75 Å². The molecule has 1 aliphatic rings. The fraction of sp³-hybridized carbons (Fsp3) is 0.466. The second kappa shape index (κ2) is 34.7. The summed E-state index contributed by atoms with van der Waals surface area (Å²) in [5.41, 5.74) is 18.8. The zero-order valence-corrected chi connectivity index (χ0v) is 49.4. The maximum Gasteiger partial charge on any atom is 0.408 e. The smallest absolute Gasteiger partial charge is 0.408 e. The van der Waals surface area contributed by atoms with Gasteiger partial charge in [-0.2, -0.15) is 0 Å². The molecule has 0 saturated carbocycles. The maximum atomic E-state index is 14.4. The number of primary amides is 1. The lowest BCUT2D eigenvalue weighted by molar-refractivity contribution is -0.142. The van der Waals surface area contributed by atoms with Crippen LogP contribution in [0.4, 0.5) is 4.79 Å². The number of rotatable bonds is 32. The molecule has 1 aliphatic heterocycles. The summed E-state index contributed by atoms with van der Waals surface area (Å²) < 4.78 is 5.31. The molecule has 0 aliphatic carbocycles. The van der Waals surface area contributed by atoms with Gasteiger partial charge in [0.1, 0.15) is 60.7 Å². The molecule has 0 radical (unpaired) electrons. The highest BCUT2D eigenvalue weighted by Crippen LogP contribution is 2.22. The summed E-state index contributed by atoms with van der Waals surface area (Å²) in [6.45, 7) is 6.31. The number of para-hydroxylation sites is 1. The number of likely N-dealkylation sites (N-methyl/N-ethyl adjacent to an activating group) is 1. The van der Waals surface area contributed by atoms with Gasteiger partial charge in [-0.05, 0) is 93.2 Å². The number of guanidine groups is 1. The first-order chi connectivity index (χ1) is 40.6. The number of alkyl carbamates (subject to hydrolysis) is 1. The Morgan fingerprint density at radius 1 is 0.686 bits per heavy atom. The number of nitrogens with zero attached hydrogens (tertiary/aromatic N) is 2. The van der Waals surface area contributed by atoms with E-state index >= 15 is 0 Å². The number of nitrogens with one attached hydrogen (secondary N) is 9. The highest BCUT2D eigenvalue weighted by atomic mass is 35.5. The lowest BCUT2D eigenvalue weighted by Crippen LogP contribution is -2.61. The number of carbonyl (C=O) groups is 10. The fourth-order valence-corrected chi connectivity index (χ4v) is 9.49. The number of H-pyrrole nitrogens is 1. The molecule has 3 aromatic carbocycles. The number of aromatic nitrogens is 1. The number of hydrogen-bond acceptors (Lipinski definition) is 14. The molecular weight excluding hydrogens is 1140 g/mol. The standard InChI is InChI=1S/C58H80N14O13.ClH/c1-5-62-55(82)47-18-12-26-72(47)56(83)42(17-11-25-63-57(60)61)66-52(79)43(27-33(2)3)67-49(76)34(4)65-51(78)44(28-35-19-21-38(74)22-20-35)68-54(81)46(31-73)70-53(80)45(29-37-30-64-40-16-10-9-15-39(37)40)69-50(77)41(23-24-48(59)75)71-58(84)85-32-36-13-7-6-8-14-36;/h6-10,13-16,19-22,30,33-34,41-47,64,73-74H,5,11-12,17-18,23-29,31-32H2,1-4H3,(H2,59,75)(H,62,82)(H,65,78)(H,66,79)(H,67,76)(H,68,81)(H,69,77)(H,70,80)(H,71,84)(H4,60,61,63);1H/t34-,41+,42+,43+,44+,45+,46+,47+;/m1./s1. The Morgan fingerprint density at radius 2 is 1.28 bits per heavy atom. The number of aromatic hydroxyl groups is 1. The first-order valence-electron chi connectivity index (χ1n) is 28.2. The van der Waals surface area contributed by atoms with E-state index in [1.165, 1.54) is 36.1 Å². The van der Waals surface area contributed by atoms with Gasteiger partial charge in [-0.25, -0.2) is 4.79 Å². The average molecular weight is 1220 g/mol. The van der Waals surface area contributed by atoms with Crippen molar-refractivity contribution in [3.63, 3.8) is 0 Å². The molecule has 0 unspecified atom stereocenters. The summed E-state index contributed by atoms with van der Waals surface area (Å²) in [6, 6.07) is 10.7. The Balaban J connectivity index is 0.0000158. The van der Waals surface area contributed by atoms with E-state index < -0.39 is 108 Å². The van der Waals surface area contributed by atoms with Crippen molar-refractivity contribution >= 4 is 88.5 Å². The van der Waals surface area contributed by atoms with Crippen LogP contribution in [0.2, 0.25) is 0 Å². The summed E-state index contributed by atoms with van der Waals surface area (Å²) in [4.78, 5) is 146. The summed E-state index contributed by atoms with van der Waals surface area (Å²) in [5, 5.41) is 42.2. The third-order valence-corrected chi connectivity index (χ3v) is 13.9. The Labute approximate surface area is 504 Å². The normalized spacial score (nSPS) is 15.1. The molecular formula is C58H81ClN14O13. The lowest BCUT2D eigenvalue weighted by Gasteiger charge is -2.30. The zero-order chi connectivity index (χ0) is 62.2. The maximum absolute atomic E-state index is 14.4. The Bertz CT molecular complexity index is 2980. The number of aliphatic hydroxyl groups excluding tert-OH is 1. The van der Waals surface area contributed by atoms with E-state index in [4.69, 9.17) is 21.9 Å². The first kappa shape index (κ1) is 69.5. The molecule has 0 spiro atoms. The minimum Gasteiger partial charge on any atom is -0.508 e. The molecule has 4 aromatic rings. The van der Waals surface area contributed by atoms with Crippen LogP contribution in [-0.4, -0.2) is 160 Å². The number of fused-ring (bicyclic) bond motifs is 1. The number of amides is 10. The number of phenols is 1. The molecule has 86 heavy (non-hydrogen) atoms. The third-order valence-electron chi connectivity index (χ3n) is 13.9. The van der Waals surface area contributed by atoms with E-state index in [-0.39, 0.29) is 101 Å². The van der Waals surface area contributed by atoms with Crippen molar-refractivity contribution in [2.45, 2.75) is 140 Å². The van der Waals surface area contributed by atoms with E-state index in [0.717, 1.165) is 0 Å². The topological polar surface area (TPSA) is 426 Å². The molecule has 28 heteroatoms. The molecule has 0 bridgehead atoms. The van der Waals surface area contributed by atoms with Gasteiger partial charge in [0.25, 0.3) is 0 Å². The zero-order valence-electron chi connectivity index (χ0n) is 48.6. The van der Waals surface area contributed by atoms with Crippen molar-refractivity contribution in [3.05, 3.63) is 102 Å². The number of aromatic amines is 1. The van der Waals surface area contributed by atoms with Crippen molar-refractivity contribution < 1.29 is 62.9 Å². The van der Waals surface area contributed by atoms with Crippen LogP contribution in [0.5, 0.6) is 5.75 Å². The average Bonchev–Trinajstić information content (AvgIpc) is 3.26. The third kappa shape index (κ3) is 21.9. The predicted octanol–water partition coefficient (Wildman–Crippen LogP) is -0.211. The first-order valence-corrected chi connectivity index (χ1v) is 28.2. The lowest BCUT2D eigenvalue weighted by atomic mass is 10.0. The molecule has 10 amide bonds. The summed E-state index contributed by atoms with van der Waals surface area (Å²) in [5.74, 6) is -7.50. The van der Waals surface area contributed by atoms with Gasteiger partial charge in [-0.3, -0.25) is 48.1 Å². The fourth-order valence-electron chi connectivity index (χ4n) is 9.49. The summed E-state index contributed by atoms with van der Waals surface area (Å²) in [7, 11) is 0. The van der Waals surface area contributed by atoms with Crippen molar-refractivity contribution in [2.24, 2.45) is 28.1 Å². The molecule has 468 valence electrons. The molecule has 17 N–H and O–H groups in total. The van der Waals surface area contributed by atoms with Gasteiger partial charge in [0.2, 0.25) is 53.2 Å². The highest BCUT2D eigenvalue weighted by Gasteiger charge is 2.39. The van der Waals surface area contributed by atoms with Crippen LogP contribution in [0.1, 0.15) is 89.3 Å². The van der Waals surface area contributed by atoms with Crippen LogP contribution in [-0.2, 0) is 67.3 Å². The second-order valence-corrected chi connectivity index (χ2v) is 21.1. The summed E-state index contributed by atoms with van der Waals surface area (Å²) >= 11 is 0. The van der Waals surface area contributed by atoms with Crippen LogP contribution in [0.15, 0.2) is 90.1 Å². The molecule has 1 saturated heterocycles. The Morgan fingerprint density at radius 3 is 1.93 bits per heavy atom. The van der Waals surface area contributed by atoms with Gasteiger partial charge in [-0.1, -0.05) is 74.5 Å². The van der Waals surface area contributed by atoms with E-state index in [2.05, 4.69) is 52.5 Å². The Kier molecular flexibility index (Phi) is 28.1. The van der Waals surface area contributed by atoms with E-state index in [9.17, 15) is 58.2 Å². The number of phenolic OH excluding ortho intramolecular Hbond substituents is 1. The molecule has 2 heterocycles. The number of benzene rings is 3. The van der Waals surface area contributed by atoms with Gasteiger partial charge in [0.15, 0.2) is 5.96 Å². The van der Waals surface area contributed by atoms with E-state index in [1.54, 1.807) is 67.7 Å². The van der Waals surface area contributed by atoms with Crippen molar-refractivity contribution in [2.75, 3.05) is 26.2 Å². The molecule has 1 fully saturated rings. The minimum absolute atomic E-state index is 0. The van der Waals surface area contributed by atoms with Crippen LogP contribution in [0.3, 0.4) is 0 Å². The van der Waals surface area contributed by atoms with Gasteiger partial charge in [-0.15, -0.1) is 12.4 Å². The van der Waals surface area contributed by atoms with Crippen molar-refractivity contribution in [1.82, 2.24) is 52.4 Å². The molecule has 8 atom stereocenters. The molecule has 1 aromatic heterocycles. The molecule has 5 rings (SSSR count).